The summed E-state index contributed by atoms with van der Waals surface area (Å²) in [5.74, 6) is -0.780. The first-order valence-corrected chi connectivity index (χ1v) is 9.63. The zero-order valence-corrected chi connectivity index (χ0v) is 16.7. The first-order valence-electron chi connectivity index (χ1n) is 8.75. The minimum atomic E-state index is -0.568. The molecule has 6 nitrogen and oxygen atoms in total. The molecule has 150 valence electrons. The number of rotatable bonds is 7. The molecule has 1 aromatic heterocycles. The van der Waals surface area contributed by atoms with E-state index < -0.39 is 24.3 Å². The van der Waals surface area contributed by atoms with Gasteiger partial charge in [0.1, 0.15) is 16.6 Å². The fourth-order valence-corrected chi connectivity index (χ4v) is 3.29. The third kappa shape index (κ3) is 5.61. The fourth-order valence-electron chi connectivity index (χ4n) is 2.47. The first kappa shape index (κ1) is 20.5. The number of esters is 1. The van der Waals surface area contributed by atoms with Gasteiger partial charge in [0.05, 0.1) is 19.2 Å². The zero-order valence-electron chi connectivity index (χ0n) is 15.9. The number of carbonyl (C=O) groups is 2. The van der Waals surface area contributed by atoms with Crippen molar-refractivity contribution in [3.05, 3.63) is 64.9 Å². The summed E-state index contributed by atoms with van der Waals surface area (Å²) >= 11 is 1.41. The molecule has 3 rings (SSSR count). The molecule has 0 aliphatic heterocycles. The van der Waals surface area contributed by atoms with Crippen LogP contribution in [0, 0.1) is 12.7 Å². The zero-order chi connectivity index (χ0) is 20.8. The van der Waals surface area contributed by atoms with E-state index in [0.29, 0.717) is 16.9 Å². The second kappa shape index (κ2) is 9.29. The molecular formula is C21H19FN2O4S. The summed E-state index contributed by atoms with van der Waals surface area (Å²) in [5.41, 5.74) is 2.26. The third-order valence-electron chi connectivity index (χ3n) is 4.03. The monoisotopic (exact) mass is 414 g/mol. The highest BCUT2D eigenvalue weighted by molar-refractivity contribution is 7.13. The van der Waals surface area contributed by atoms with Crippen molar-refractivity contribution in [1.82, 2.24) is 4.98 Å². The average Bonchev–Trinajstić information content (AvgIpc) is 3.17. The van der Waals surface area contributed by atoms with Crippen molar-refractivity contribution < 1.29 is 23.5 Å². The van der Waals surface area contributed by atoms with Crippen molar-refractivity contribution in [2.24, 2.45) is 0 Å². The number of thiazole rings is 1. The topological polar surface area (TPSA) is 77.5 Å². The van der Waals surface area contributed by atoms with Crippen molar-refractivity contribution in [2.75, 3.05) is 19.0 Å². The molecule has 0 spiro atoms. The van der Waals surface area contributed by atoms with Gasteiger partial charge in [-0.25, -0.2) is 9.37 Å². The Hall–Kier alpha value is -3.26. The number of carbonyl (C=O) groups excluding carboxylic acids is 2. The van der Waals surface area contributed by atoms with Crippen LogP contribution in [0.4, 0.5) is 10.1 Å². The lowest BCUT2D eigenvalue weighted by Crippen LogP contribution is -2.21. The van der Waals surface area contributed by atoms with Crippen LogP contribution >= 0.6 is 11.3 Å². The van der Waals surface area contributed by atoms with E-state index in [2.05, 4.69) is 10.3 Å². The second-order valence-electron chi connectivity index (χ2n) is 6.22. The van der Waals surface area contributed by atoms with Gasteiger partial charge in [-0.15, -0.1) is 11.3 Å². The molecule has 0 bridgehead atoms. The van der Waals surface area contributed by atoms with Crippen LogP contribution in [-0.2, 0) is 20.7 Å². The number of amides is 1. The summed E-state index contributed by atoms with van der Waals surface area (Å²) in [7, 11) is 1.60. The Kier molecular flexibility index (Phi) is 6.56. The number of nitrogens with zero attached hydrogens (tertiary/aromatic N) is 1. The molecule has 0 aliphatic carbocycles. The predicted octanol–water partition coefficient (Wildman–Crippen LogP) is 3.99. The van der Waals surface area contributed by atoms with E-state index >= 15 is 0 Å². The van der Waals surface area contributed by atoms with Gasteiger partial charge in [-0.1, -0.05) is 6.07 Å². The number of ether oxygens (including phenoxy) is 2. The molecule has 0 atom stereocenters. The number of benzene rings is 2. The number of halogens is 1. The molecule has 1 heterocycles. The number of hydrogen-bond acceptors (Lipinski definition) is 6. The van der Waals surface area contributed by atoms with Crippen LogP contribution in [0.15, 0.2) is 47.8 Å². The summed E-state index contributed by atoms with van der Waals surface area (Å²) in [6, 6.07) is 11.8. The molecule has 0 fully saturated rings. The number of nitrogens with one attached hydrogen (secondary N) is 1. The highest BCUT2D eigenvalue weighted by Gasteiger charge is 2.13. The van der Waals surface area contributed by atoms with E-state index in [1.165, 1.54) is 17.4 Å². The number of hydrogen-bond donors (Lipinski definition) is 1. The van der Waals surface area contributed by atoms with Crippen molar-refractivity contribution in [3.8, 4) is 16.3 Å². The van der Waals surface area contributed by atoms with Crippen molar-refractivity contribution >= 4 is 28.9 Å². The summed E-state index contributed by atoms with van der Waals surface area (Å²) in [6.07, 6.45) is -0.0426. The molecule has 8 heteroatoms. The molecule has 0 radical (unpaired) electrons. The van der Waals surface area contributed by atoms with Crippen LogP contribution in [0.1, 0.15) is 11.3 Å². The van der Waals surface area contributed by atoms with Crippen molar-refractivity contribution in [3.63, 3.8) is 0 Å². The second-order valence-corrected chi connectivity index (χ2v) is 7.08. The van der Waals surface area contributed by atoms with Gasteiger partial charge < -0.3 is 14.8 Å². The lowest BCUT2D eigenvalue weighted by molar-refractivity contribution is -0.146. The van der Waals surface area contributed by atoms with Gasteiger partial charge in [-0.05, 0) is 48.9 Å². The minimum absolute atomic E-state index is 0.0426. The Morgan fingerprint density at radius 3 is 2.62 bits per heavy atom. The molecule has 2 aromatic carbocycles. The van der Waals surface area contributed by atoms with E-state index in [1.54, 1.807) is 31.5 Å². The predicted molar refractivity (Wildman–Crippen MR) is 109 cm³/mol. The van der Waals surface area contributed by atoms with Gasteiger partial charge in [0, 0.05) is 16.6 Å². The maximum atomic E-state index is 13.5. The average molecular weight is 414 g/mol. The standard InChI is InChI=1S/C21H19FN2O4S/c1-13-3-6-15(9-18(13)22)23-19(25)11-28-20(26)10-16-12-29-21(24-16)14-4-7-17(27-2)8-5-14/h3-9,12H,10-11H2,1-2H3,(H,23,25). The Labute approximate surface area is 171 Å². The molecule has 3 aromatic rings. The van der Waals surface area contributed by atoms with Crippen molar-refractivity contribution in [2.45, 2.75) is 13.3 Å². The normalized spacial score (nSPS) is 10.4. The lowest BCUT2D eigenvalue weighted by atomic mass is 10.2. The Bertz CT molecular complexity index is 1020. The van der Waals surface area contributed by atoms with E-state index in [0.717, 1.165) is 16.3 Å². The smallest absolute Gasteiger partial charge is 0.312 e. The lowest BCUT2D eigenvalue weighted by Gasteiger charge is -2.07. The molecule has 29 heavy (non-hydrogen) atoms. The first-order chi connectivity index (χ1) is 13.9. The quantitative estimate of drug-likeness (QED) is 0.592. The summed E-state index contributed by atoms with van der Waals surface area (Å²) in [6.45, 7) is 1.17. The summed E-state index contributed by atoms with van der Waals surface area (Å²) in [5, 5.41) is 5.03. The third-order valence-corrected chi connectivity index (χ3v) is 4.97. The molecular weight excluding hydrogens is 395 g/mol. The van der Waals surface area contributed by atoms with Gasteiger partial charge >= 0.3 is 5.97 Å². The van der Waals surface area contributed by atoms with Crippen LogP contribution in [-0.4, -0.2) is 30.6 Å². The molecule has 0 unspecified atom stereocenters. The van der Waals surface area contributed by atoms with Gasteiger partial charge in [-0.3, -0.25) is 9.59 Å². The van der Waals surface area contributed by atoms with E-state index in [1.807, 2.05) is 24.3 Å². The van der Waals surface area contributed by atoms with Gasteiger partial charge in [0.2, 0.25) is 0 Å². The maximum Gasteiger partial charge on any atom is 0.312 e. The fraction of sp³-hybridized carbons (Fsp3) is 0.190. The SMILES string of the molecule is COc1ccc(-c2nc(CC(=O)OCC(=O)Nc3ccc(C)c(F)c3)cs2)cc1. The molecule has 1 N–H and O–H groups in total. The molecule has 0 saturated carbocycles. The van der Waals surface area contributed by atoms with Crippen molar-refractivity contribution in [1.29, 1.82) is 0 Å². The minimum Gasteiger partial charge on any atom is -0.497 e. The van der Waals surface area contributed by atoms with Crippen LogP contribution < -0.4 is 10.1 Å². The van der Waals surface area contributed by atoms with E-state index in [4.69, 9.17) is 9.47 Å². The Morgan fingerprint density at radius 2 is 1.93 bits per heavy atom. The number of methoxy groups -OCH3 is 1. The van der Waals surface area contributed by atoms with Gasteiger partial charge in [0.15, 0.2) is 6.61 Å². The molecule has 0 saturated heterocycles. The molecule has 1 amide bonds. The van der Waals surface area contributed by atoms with E-state index in [-0.39, 0.29) is 6.42 Å². The number of anilines is 1. The number of aryl methyl sites for hydroxylation is 1. The Balaban J connectivity index is 1.49. The van der Waals surface area contributed by atoms with Crippen LogP contribution in [0.2, 0.25) is 0 Å². The Morgan fingerprint density at radius 1 is 1.17 bits per heavy atom. The van der Waals surface area contributed by atoms with Crippen LogP contribution in [0.5, 0.6) is 5.75 Å². The largest absolute Gasteiger partial charge is 0.497 e. The maximum absolute atomic E-state index is 13.5. The van der Waals surface area contributed by atoms with Gasteiger partial charge in [-0.2, -0.15) is 0 Å². The molecule has 0 aliphatic rings. The van der Waals surface area contributed by atoms with Gasteiger partial charge in [0.25, 0.3) is 5.91 Å². The highest BCUT2D eigenvalue weighted by Crippen LogP contribution is 2.26. The highest BCUT2D eigenvalue weighted by atomic mass is 32.1. The number of aromatic nitrogens is 1. The summed E-state index contributed by atoms with van der Waals surface area (Å²) < 4.78 is 23.6. The van der Waals surface area contributed by atoms with Crippen LogP contribution in [0.3, 0.4) is 0 Å². The van der Waals surface area contributed by atoms with Crippen LogP contribution in [0.25, 0.3) is 10.6 Å². The summed E-state index contributed by atoms with van der Waals surface area (Å²) in [4.78, 5) is 28.3. The van der Waals surface area contributed by atoms with E-state index in [9.17, 15) is 14.0 Å².